The second-order valence-electron chi connectivity index (χ2n) is 5.76. The van der Waals surface area contributed by atoms with Gasteiger partial charge in [-0.25, -0.2) is 0 Å². The van der Waals surface area contributed by atoms with Crippen LogP contribution in [0.4, 0.5) is 0 Å². The summed E-state index contributed by atoms with van der Waals surface area (Å²) in [4.78, 5) is 25.7. The van der Waals surface area contributed by atoms with Gasteiger partial charge in [-0.15, -0.1) is 0 Å². The van der Waals surface area contributed by atoms with E-state index in [4.69, 9.17) is 0 Å². The fourth-order valence-corrected chi connectivity index (χ4v) is 4.15. The van der Waals surface area contributed by atoms with Crippen LogP contribution in [-0.2, 0) is 9.59 Å². The average Bonchev–Trinajstić information content (AvgIpc) is 3.02. The summed E-state index contributed by atoms with van der Waals surface area (Å²) in [6.07, 6.45) is 5.17. The summed E-state index contributed by atoms with van der Waals surface area (Å²) in [5.41, 5.74) is 0. The SMILES string of the molecule is O=C(O)[C@H]1[C@H]2CC[C@H](C2)[C@H]1C(=O)N1CCCC1. The number of carboxylic acids is 1. The monoisotopic (exact) mass is 237 g/mol. The standard InChI is InChI=1S/C13H19NO3/c15-12(14-5-1-2-6-14)10-8-3-4-9(7-8)11(10)13(16)17/h8-11H,1-7H2,(H,16,17)/t8-,9+,10-,11+/m1/s1. The average molecular weight is 237 g/mol. The number of hydrogen-bond acceptors (Lipinski definition) is 2. The molecule has 3 rings (SSSR count). The van der Waals surface area contributed by atoms with E-state index in [1.807, 2.05) is 4.90 Å². The summed E-state index contributed by atoms with van der Waals surface area (Å²) in [5.74, 6) is -0.647. The Hall–Kier alpha value is -1.06. The number of likely N-dealkylation sites (tertiary alicyclic amines) is 1. The van der Waals surface area contributed by atoms with Crippen molar-refractivity contribution in [1.82, 2.24) is 4.90 Å². The zero-order valence-electron chi connectivity index (χ0n) is 9.97. The lowest BCUT2D eigenvalue weighted by Crippen LogP contribution is -2.42. The molecule has 3 aliphatic rings. The molecule has 3 fully saturated rings. The van der Waals surface area contributed by atoms with Gasteiger partial charge in [0.05, 0.1) is 11.8 Å². The van der Waals surface area contributed by atoms with Crippen LogP contribution in [0.3, 0.4) is 0 Å². The van der Waals surface area contributed by atoms with Crippen LogP contribution < -0.4 is 0 Å². The summed E-state index contributed by atoms with van der Waals surface area (Å²) in [6, 6.07) is 0. The van der Waals surface area contributed by atoms with Crippen molar-refractivity contribution in [3.63, 3.8) is 0 Å². The van der Waals surface area contributed by atoms with Crippen molar-refractivity contribution in [2.75, 3.05) is 13.1 Å². The van der Waals surface area contributed by atoms with Crippen LogP contribution in [0.2, 0.25) is 0 Å². The van der Waals surface area contributed by atoms with Crippen molar-refractivity contribution in [1.29, 1.82) is 0 Å². The first kappa shape index (κ1) is 11.1. The molecule has 2 saturated carbocycles. The molecule has 2 bridgehead atoms. The quantitative estimate of drug-likeness (QED) is 0.788. The maximum atomic E-state index is 12.4. The third kappa shape index (κ3) is 1.65. The highest BCUT2D eigenvalue weighted by Crippen LogP contribution is 2.53. The minimum absolute atomic E-state index is 0.127. The zero-order chi connectivity index (χ0) is 12.0. The van der Waals surface area contributed by atoms with E-state index in [0.717, 1.165) is 45.2 Å². The van der Waals surface area contributed by atoms with Gasteiger partial charge in [-0.2, -0.15) is 0 Å². The highest BCUT2D eigenvalue weighted by molar-refractivity contribution is 5.86. The van der Waals surface area contributed by atoms with E-state index in [2.05, 4.69) is 0 Å². The van der Waals surface area contributed by atoms with E-state index < -0.39 is 11.9 Å². The predicted molar refractivity (Wildman–Crippen MR) is 61.3 cm³/mol. The Labute approximate surface area is 101 Å². The van der Waals surface area contributed by atoms with Crippen LogP contribution in [0.1, 0.15) is 32.1 Å². The number of hydrogen-bond donors (Lipinski definition) is 1. The van der Waals surface area contributed by atoms with Crippen molar-refractivity contribution in [3.05, 3.63) is 0 Å². The summed E-state index contributed by atoms with van der Waals surface area (Å²) < 4.78 is 0. The van der Waals surface area contributed by atoms with Gasteiger partial charge in [0, 0.05) is 13.1 Å². The minimum Gasteiger partial charge on any atom is -0.481 e. The first-order valence-corrected chi connectivity index (χ1v) is 6.70. The number of carboxylic acid groups (broad SMARTS) is 1. The number of fused-ring (bicyclic) bond motifs is 2. The van der Waals surface area contributed by atoms with E-state index in [9.17, 15) is 14.7 Å². The number of carbonyl (C=O) groups is 2. The fourth-order valence-electron chi connectivity index (χ4n) is 4.15. The van der Waals surface area contributed by atoms with Crippen LogP contribution in [0.15, 0.2) is 0 Å². The molecule has 1 amide bonds. The van der Waals surface area contributed by atoms with Crippen LogP contribution in [0, 0.1) is 23.7 Å². The van der Waals surface area contributed by atoms with Gasteiger partial charge in [-0.05, 0) is 43.9 Å². The van der Waals surface area contributed by atoms with Gasteiger partial charge in [-0.1, -0.05) is 0 Å². The van der Waals surface area contributed by atoms with Gasteiger partial charge >= 0.3 is 5.97 Å². The molecule has 0 spiro atoms. The molecule has 1 heterocycles. The van der Waals surface area contributed by atoms with Crippen molar-refractivity contribution in [3.8, 4) is 0 Å². The van der Waals surface area contributed by atoms with Crippen molar-refractivity contribution in [2.24, 2.45) is 23.7 Å². The molecule has 94 valence electrons. The summed E-state index contributed by atoms with van der Waals surface area (Å²) >= 11 is 0. The Bertz CT molecular complexity index is 349. The molecule has 1 saturated heterocycles. The van der Waals surface area contributed by atoms with Crippen LogP contribution >= 0.6 is 0 Å². The normalized spacial score (nSPS) is 39.9. The zero-order valence-corrected chi connectivity index (χ0v) is 9.97. The Morgan fingerprint density at radius 1 is 1.00 bits per heavy atom. The molecule has 4 nitrogen and oxygen atoms in total. The second-order valence-corrected chi connectivity index (χ2v) is 5.76. The maximum Gasteiger partial charge on any atom is 0.307 e. The number of aliphatic carboxylic acids is 1. The van der Waals surface area contributed by atoms with Crippen molar-refractivity contribution in [2.45, 2.75) is 32.1 Å². The molecule has 0 aromatic heterocycles. The fraction of sp³-hybridized carbons (Fsp3) is 0.846. The van der Waals surface area contributed by atoms with Crippen molar-refractivity contribution < 1.29 is 14.7 Å². The highest BCUT2D eigenvalue weighted by Gasteiger charge is 2.54. The third-order valence-electron chi connectivity index (χ3n) is 4.90. The molecule has 1 aliphatic heterocycles. The van der Waals surface area contributed by atoms with E-state index in [1.54, 1.807) is 0 Å². The van der Waals surface area contributed by atoms with Crippen molar-refractivity contribution >= 4 is 11.9 Å². The molecule has 0 aromatic carbocycles. The maximum absolute atomic E-state index is 12.4. The van der Waals surface area contributed by atoms with Gasteiger partial charge in [-0.3, -0.25) is 9.59 Å². The van der Waals surface area contributed by atoms with Crippen LogP contribution in [-0.4, -0.2) is 35.0 Å². The molecule has 0 unspecified atom stereocenters. The molecule has 1 N–H and O–H groups in total. The van der Waals surface area contributed by atoms with E-state index in [0.29, 0.717) is 5.92 Å². The molecular weight excluding hydrogens is 218 g/mol. The minimum atomic E-state index is -0.755. The molecular formula is C13H19NO3. The van der Waals surface area contributed by atoms with E-state index in [-0.39, 0.29) is 17.7 Å². The smallest absolute Gasteiger partial charge is 0.307 e. The lowest BCUT2D eigenvalue weighted by molar-refractivity contribution is -0.152. The number of amides is 1. The lowest BCUT2D eigenvalue weighted by Gasteiger charge is -2.30. The van der Waals surface area contributed by atoms with E-state index in [1.165, 1.54) is 0 Å². The largest absolute Gasteiger partial charge is 0.481 e. The Kier molecular flexibility index (Phi) is 2.60. The number of rotatable bonds is 2. The molecule has 17 heavy (non-hydrogen) atoms. The Morgan fingerprint density at radius 3 is 2.18 bits per heavy atom. The third-order valence-corrected chi connectivity index (χ3v) is 4.90. The summed E-state index contributed by atoms with van der Waals surface area (Å²) in [6.45, 7) is 1.66. The van der Waals surface area contributed by atoms with Crippen LogP contribution in [0.5, 0.6) is 0 Å². The highest BCUT2D eigenvalue weighted by atomic mass is 16.4. The van der Waals surface area contributed by atoms with Crippen LogP contribution in [0.25, 0.3) is 0 Å². The first-order valence-electron chi connectivity index (χ1n) is 6.70. The Balaban J connectivity index is 1.80. The lowest BCUT2D eigenvalue weighted by atomic mass is 9.78. The second kappa shape index (κ2) is 4.00. The Morgan fingerprint density at radius 2 is 1.59 bits per heavy atom. The molecule has 0 aromatic rings. The molecule has 4 atom stereocenters. The first-order chi connectivity index (χ1) is 8.18. The summed E-state index contributed by atoms with van der Waals surface area (Å²) in [7, 11) is 0. The molecule has 2 aliphatic carbocycles. The molecule has 4 heteroatoms. The topological polar surface area (TPSA) is 57.6 Å². The molecule has 0 radical (unpaired) electrons. The van der Waals surface area contributed by atoms with Gasteiger partial charge < -0.3 is 10.0 Å². The van der Waals surface area contributed by atoms with E-state index >= 15 is 0 Å². The van der Waals surface area contributed by atoms with Gasteiger partial charge in [0.2, 0.25) is 5.91 Å². The van der Waals surface area contributed by atoms with Gasteiger partial charge in [0.25, 0.3) is 0 Å². The van der Waals surface area contributed by atoms with Gasteiger partial charge in [0.1, 0.15) is 0 Å². The summed E-state index contributed by atoms with van der Waals surface area (Å²) in [5, 5.41) is 9.33. The predicted octanol–water partition coefficient (Wildman–Crippen LogP) is 1.36. The van der Waals surface area contributed by atoms with Gasteiger partial charge in [0.15, 0.2) is 0 Å². The number of nitrogens with zero attached hydrogens (tertiary/aromatic N) is 1. The number of carbonyl (C=O) groups excluding carboxylic acids is 1.